The molecule has 0 fully saturated rings. The van der Waals surface area contributed by atoms with E-state index in [1.54, 1.807) is 5.48 Å². The lowest BCUT2D eigenvalue weighted by atomic mass is 10.3. The summed E-state index contributed by atoms with van der Waals surface area (Å²) < 4.78 is 6.30. The van der Waals surface area contributed by atoms with E-state index in [-0.39, 0.29) is 12.6 Å². The van der Waals surface area contributed by atoms with Gasteiger partial charge in [0.2, 0.25) is 5.96 Å². The van der Waals surface area contributed by atoms with Crippen molar-refractivity contribution in [3.63, 3.8) is 0 Å². The largest absolute Gasteiger partial charge is 0.488 e. The highest BCUT2D eigenvalue weighted by atomic mass is 79.9. The first-order valence-corrected chi connectivity index (χ1v) is 5.15. The molecule has 0 spiro atoms. The SMILES string of the molecule is N/C(=N/N=C/COc1ccc(Br)cc1)NO. The zero-order valence-corrected chi connectivity index (χ0v) is 9.89. The van der Waals surface area contributed by atoms with Gasteiger partial charge < -0.3 is 10.5 Å². The fourth-order valence-corrected chi connectivity index (χ4v) is 1.09. The Morgan fingerprint density at radius 3 is 2.81 bits per heavy atom. The number of ether oxygens (including phenoxy) is 1. The first kappa shape index (κ1) is 12.5. The van der Waals surface area contributed by atoms with Crippen molar-refractivity contribution in [1.82, 2.24) is 5.48 Å². The second-order valence-corrected chi connectivity index (χ2v) is 3.58. The molecule has 0 saturated heterocycles. The molecule has 6 nitrogen and oxygen atoms in total. The molecule has 0 aromatic heterocycles. The highest BCUT2D eigenvalue weighted by Gasteiger charge is 1.91. The van der Waals surface area contributed by atoms with Gasteiger partial charge in [0.05, 0.1) is 6.21 Å². The van der Waals surface area contributed by atoms with E-state index in [1.807, 2.05) is 24.3 Å². The molecule has 0 radical (unpaired) electrons. The van der Waals surface area contributed by atoms with E-state index in [1.165, 1.54) is 6.21 Å². The molecule has 1 rings (SSSR count). The van der Waals surface area contributed by atoms with Gasteiger partial charge >= 0.3 is 0 Å². The van der Waals surface area contributed by atoms with E-state index >= 15 is 0 Å². The normalized spacial score (nSPS) is 11.8. The van der Waals surface area contributed by atoms with Gasteiger partial charge in [-0.25, -0.2) is 5.48 Å². The minimum absolute atomic E-state index is 0.181. The van der Waals surface area contributed by atoms with E-state index in [4.69, 9.17) is 15.7 Å². The summed E-state index contributed by atoms with van der Waals surface area (Å²) in [5.74, 6) is 0.548. The Labute approximate surface area is 101 Å². The number of halogens is 1. The van der Waals surface area contributed by atoms with Crippen LogP contribution in [-0.2, 0) is 0 Å². The molecule has 0 bridgehead atoms. The molecule has 0 amide bonds. The zero-order chi connectivity index (χ0) is 11.8. The Balaban J connectivity index is 2.33. The minimum Gasteiger partial charge on any atom is -0.488 e. The highest BCUT2D eigenvalue weighted by Crippen LogP contribution is 2.15. The average molecular weight is 287 g/mol. The van der Waals surface area contributed by atoms with Crippen LogP contribution in [0.1, 0.15) is 0 Å². The first-order chi connectivity index (χ1) is 7.72. The van der Waals surface area contributed by atoms with Crippen molar-refractivity contribution in [2.45, 2.75) is 0 Å². The van der Waals surface area contributed by atoms with E-state index in [2.05, 4.69) is 26.1 Å². The van der Waals surface area contributed by atoms with Gasteiger partial charge in [0.1, 0.15) is 12.4 Å². The molecule has 4 N–H and O–H groups in total. The topological polar surface area (TPSA) is 92.2 Å². The van der Waals surface area contributed by atoms with Gasteiger partial charge in [0, 0.05) is 4.47 Å². The maximum absolute atomic E-state index is 8.28. The molecule has 86 valence electrons. The average Bonchev–Trinajstić information content (AvgIpc) is 2.31. The van der Waals surface area contributed by atoms with Crippen molar-refractivity contribution in [2.24, 2.45) is 15.9 Å². The summed E-state index contributed by atoms with van der Waals surface area (Å²) in [6, 6.07) is 7.40. The summed E-state index contributed by atoms with van der Waals surface area (Å²) in [4.78, 5) is 0. The Morgan fingerprint density at radius 1 is 1.50 bits per heavy atom. The van der Waals surface area contributed by atoms with E-state index in [9.17, 15) is 0 Å². The van der Waals surface area contributed by atoms with Crippen LogP contribution in [0.25, 0.3) is 0 Å². The van der Waals surface area contributed by atoms with Gasteiger partial charge in [-0.3, -0.25) is 5.21 Å². The standard InChI is InChI=1S/C9H11BrN4O2/c10-7-1-3-8(4-2-7)16-6-5-12-13-9(11)14-15/h1-5,15H,6H2,(H3,11,13,14)/b12-5+. The number of nitrogens with zero attached hydrogens (tertiary/aromatic N) is 2. The second-order valence-electron chi connectivity index (χ2n) is 2.66. The number of guanidine groups is 1. The molecule has 0 aliphatic carbocycles. The molecular formula is C9H11BrN4O2. The molecule has 16 heavy (non-hydrogen) atoms. The molecule has 0 unspecified atom stereocenters. The number of rotatable bonds is 4. The third kappa shape index (κ3) is 4.76. The number of nitrogens with one attached hydrogen (secondary N) is 1. The van der Waals surface area contributed by atoms with Gasteiger partial charge in [0.15, 0.2) is 0 Å². The second kappa shape index (κ2) is 6.81. The smallest absolute Gasteiger partial charge is 0.237 e. The van der Waals surface area contributed by atoms with Crippen LogP contribution >= 0.6 is 15.9 Å². The maximum Gasteiger partial charge on any atom is 0.237 e. The first-order valence-electron chi connectivity index (χ1n) is 4.36. The van der Waals surface area contributed by atoms with Crippen molar-refractivity contribution in [3.05, 3.63) is 28.7 Å². The lowest BCUT2D eigenvalue weighted by Gasteiger charge is -2.01. The molecule has 1 aromatic rings. The van der Waals surface area contributed by atoms with Crippen LogP contribution in [0, 0.1) is 0 Å². The van der Waals surface area contributed by atoms with Crippen molar-refractivity contribution in [2.75, 3.05) is 6.61 Å². The molecule has 0 aliphatic heterocycles. The van der Waals surface area contributed by atoms with E-state index in [0.717, 1.165) is 10.2 Å². The summed E-state index contributed by atoms with van der Waals surface area (Å²) in [6.07, 6.45) is 1.42. The molecule has 0 aliphatic rings. The molecule has 0 saturated carbocycles. The lowest BCUT2D eigenvalue weighted by molar-refractivity contribution is 0.232. The summed E-state index contributed by atoms with van der Waals surface area (Å²) in [6.45, 7) is 0.268. The maximum atomic E-state index is 8.28. The Morgan fingerprint density at radius 2 is 2.19 bits per heavy atom. The van der Waals surface area contributed by atoms with Gasteiger partial charge in [-0.2, -0.15) is 5.10 Å². The third-order valence-electron chi connectivity index (χ3n) is 1.50. The van der Waals surface area contributed by atoms with Crippen LogP contribution in [0.3, 0.4) is 0 Å². The van der Waals surface area contributed by atoms with Crippen LogP contribution in [0.2, 0.25) is 0 Å². The van der Waals surface area contributed by atoms with Gasteiger partial charge in [-0.05, 0) is 24.3 Å². The quantitative estimate of drug-likeness (QED) is 0.439. The molecule has 1 aromatic carbocycles. The molecular weight excluding hydrogens is 276 g/mol. The summed E-state index contributed by atoms with van der Waals surface area (Å²) >= 11 is 3.32. The summed E-state index contributed by atoms with van der Waals surface area (Å²) in [5, 5.41) is 15.2. The fourth-order valence-electron chi connectivity index (χ4n) is 0.823. The number of nitrogens with two attached hydrogens (primary N) is 1. The Hall–Kier alpha value is -1.60. The van der Waals surface area contributed by atoms with Crippen molar-refractivity contribution >= 4 is 28.1 Å². The van der Waals surface area contributed by atoms with Crippen molar-refractivity contribution in [1.29, 1.82) is 0 Å². The minimum atomic E-state index is -0.181. The Bertz CT molecular complexity index is 378. The van der Waals surface area contributed by atoms with Crippen molar-refractivity contribution in [3.8, 4) is 5.75 Å². The predicted octanol–water partition coefficient (Wildman–Crippen LogP) is 1.11. The summed E-state index contributed by atoms with van der Waals surface area (Å²) in [5.41, 5.74) is 6.76. The monoisotopic (exact) mass is 286 g/mol. The fraction of sp³-hybridized carbons (Fsp3) is 0.111. The van der Waals surface area contributed by atoms with Crippen LogP contribution in [0.15, 0.2) is 38.9 Å². The molecule has 7 heteroatoms. The lowest BCUT2D eigenvalue weighted by Crippen LogP contribution is -2.27. The van der Waals surface area contributed by atoms with Gasteiger partial charge in [-0.1, -0.05) is 15.9 Å². The van der Waals surface area contributed by atoms with Crippen LogP contribution in [0.4, 0.5) is 0 Å². The number of hydrogen-bond donors (Lipinski definition) is 3. The zero-order valence-electron chi connectivity index (χ0n) is 8.30. The van der Waals surface area contributed by atoms with Crippen LogP contribution < -0.4 is 16.0 Å². The summed E-state index contributed by atoms with van der Waals surface area (Å²) in [7, 11) is 0. The predicted molar refractivity (Wildman–Crippen MR) is 64.7 cm³/mol. The van der Waals surface area contributed by atoms with Crippen molar-refractivity contribution < 1.29 is 9.94 Å². The third-order valence-corrected chi connectivity index (χ3v) is 2.03. The van der Waals surface area contributed by atoms with E-state index < -0.39 is 0 Å². The number of benzene rings is 1. The highest BCUT2D eigenvalue weighted by molar-refractivity contribution is 9.10. The van der Waals surface area contributed by atoms with Gasteiger partial charge in [0.25, 0.3) is 0 Å². The Kier molecular flexibility index (Phi) is 5.30. The number of hydroxylamine groups is 1. The van der Waals surface area contributed by atoms with Crippen LogP contribution in [0.5, 0.6) is 5.75 Å². The molecule has 0 heterocycles. The molecule has 0 atom stereocenters. The van der Waals surface area contributed by atoms with Crippen LogP contribution in [-0.4, -0.2) is 24.0 Å². The number of hydrogen-bond acceptors (Lipinski definition) is 4. The van der Waals surface area contributed by atoms with Gasteiger partial charge in [-0.15, -0.1) is 5.10 Å². The van der Waals surface area contributed by atoms with E-state index in [0.29, 0.717) is 0 Å².